The van der Waals surface area contributed by atoms with Crippen molar-refractivity contribution in [1.82, 2.24) is 5.32 Å². The summed E-state index contributed by atoms with van der Waals surface area (Å²) in [5.74, 6) is -0.810. The van der Waals surface area contributed by atoms with Crippen LogP contribution in [0.25, 0.3) is 6.08 Å². The van der Waals surface area contributed by atoms with E-state index in [0.29, 0.717) is 17.0 Å². The number of rotatable bonds is 4. The monoisotopic (exact) mass is 433 g/mol. The smallest absolute Gasteiger partial charge is 0.335 e. The molecular formula is C25H27N3O4. The van der Waals surface area contributed by atoms with Gasteiger partial charge in [-0.1, -0.05) is 12.1 Å². The van der Waals surface area contributed by atoms with E-state index < -0.39 is 17.8 Å². The Hall–Kier alpha value is -3.61. The molecule has 2 aromatic rings. The molecule has 166 valence electrons. The van der Waals surface area contributed by atoms with Gasteiger partial charge in [-0.3, -0.25) is 14.9 Å². The van der Waals surface area contributed by atoms with Crippen LogP contribution < -0.4 is 19.9 Å². The van der Waals surface area contributed by atoms with Crippen LogP contribution in [0.4, 0.5) is 16.2 Å². The Kier molecular flexibility index (Phi) is 5.99. The van der Waals surface area contributed by atoms with Crippen LogP contribution >= 0.6 is 0 Å². The van der Waals surface area contributed by atoms with E-state index in [1.54, 1.807) is 19.2 Å². The van der Waals surface area contributed by atoms with Crippen LogP contribution in [0, 0.1) is 13.8 Å². The largest absolute Gasteiger partial charge is 0.496 e. The summed E-state index contributed by atoms with van der Waals surface area (Å²) in [5, 5.41) is 2.29. The number of benzene rings is 2. The van der Waals surface area contributed by atoms with Crippen molar-refractivity contribution in [3.8, 4) is 5.75 Å². The predicted molar refractivity (Wildman–Crippen MR) is 124 cm³/mol. The lowest BCUT2D eigenvalue weighted by Gasteiger charge is -2.29. The van der Waals surface area contributed by atoms with Gasteiger partial charge in [0.15, 0.2) is 0 Å². The van der Waals surface area contributed by atoms with E-state index in [4.69, 9.17) is 4.74 Å². The summed E-state index contributed by atoms with van der Waals surface area (Å²) >= 11 is 0. The zero-order valence-corrected chi connectivity index (χ0v) is 18.6. The first kappa shape index (κ1) is 21.6. The standard InChI is InChI=1S/C25H27N3O4/c1-16-8-7-9-21(17(16)2)28-24(30)20(23(29)26-25(28)31)14-18-10-11-19(15-22(18)32-3)27-12-5-4-6-13-27/h7-11,14-15H,4-6,12-13H2,1-3H3,(H,26,29,31)/b20-14+. The number of hydrogen-bond acceptors (Lipinski definition) is 5. The van der Waals surface area contributed by atoms with E-state index in [0.717, 1.165) is 47.6 Å². The van der Waals surface area contributed by atoms with Gasteiger partial charge >= 0.3 is 6.03 Å². The van der Waals surface area contributed by atoms with Crippen LogP contribution in [0.5, 0.6) is 5.75 Å². The third kappa shape index (κ3) is 3.98. The first-order valence-electron chi connectivity index (χ1n) is 10.8. The van der Waals surface area contributed by atoms with Crippen molar-refractivity contribution in [2.75, 3.05) is 30.0 Å². The van der Waals surface area contributed by atoms with Crippen LogP contribution in [0.1, 0.15) is 36.0 Å². The molecule has 32 heavy (non-hydrogen) atoms. The number of nitrogens with one attached hydrogen (secondary N) is 1. The number of carbonyl (C=O) groups excluding carboxylic acids is 3. The van der Waals surface area contributed by atoms with Crippen molar-refractivity contribution in [3.63, 3.8) is 0 Å². The molecule has 0 bridgehead atoms. The van der Waals surface area contributed by atoms with Crippen molar-refractivity contribution in [1.29, 1.82) is 0 Å². The SMILES string of the molecule is COc1cc(N2CCCCC2)ccc1/C=C1\C(=O)NC(=O)N(c2cccc(C)c2C)C1=O. The second-order valence-electron chi connectivity index (χ2n) is 8.15. The minimum Gasteiger partial charge on any atom is -0.496 e. The Balaban J connectivity index is 1.70. The number of barbiturate groups is 1. The summed E-state index contributed by atoms with van der Waals surface area (Å²) in [6, 6.07) is 10.4. The number of anilines is 2. The van der Waals surface area contributed by atoms with Crippen molar-refractivity contribution in [2.45, 2.75) is 33.1 Å². The first-order chi connectivity index (χ1) is 15.4. The number of urea groups is 1. The van der Waals surface area contributed by atoms with E-state index in [9.17, 15) is 14.4 Å². The van der Waals surface area contributed by atoms with Gasteiger partial charge in [-0.25, -0.2) is 9.69 Å². The van der Waals surface area contributed by atoms with Gasteiger partial charge < -0.3 is 9.64 Å². The summed E-state index contributed by atoms with van der Waals surface area (Å²) in [6.45, 7) is 5.74. The lowest BCUT2D eigenvalue weighted by molar-refractivity contribution is -0.122. The van der Waals surface area contributed by atoms with E-state index in [-0.39, 0.29) is 5.57 Å². The molecular weight excluding hydrogens is 406 g/mol. The number of carbonyl (C=O) groups is 3. The molecule has 2 aliphatic heterocycles. The molecule has 7 nitrogen and oxygen atoms in total. The van der Waals surface area contributed by atoms with Gasteiger partial charge in [0, 0.05) is 30.4 Å². The van der Waals surface area contributed by atoms with Gasteiger partial charge in [-0.2, -0.15) is 0 Å². The Morgan fingerprint density at radius 3 is 2.47 bits per heavy atom. The van der Waals surface area contributed by atoms with Crippen LogP contribution in [0.15, 0.2) is 42.0 Å². The van der Waals surface area contributed by atoms with Crippen molar-refractivity contribution in [3.05, 3.63) is 58.7 Å². The molecule has 7 heteroatoms. The number of ether oxygens (including phenoxy) is 1. The molecule has 0 saturated carbocycles. The van der Waals surface area contributed by atoms with Crippen molar-refractivity contribution < 1.29 is 19.1 Å². The third-order valence-electron chi connectivity index (χ3n) is 6.16. The summed E-state index contributed by atoms with van der Waals surface area (Å²) in [5.41, 5.74) is 3.74. The van der Waals surface area contributed by atoms with E-state index in [1.807, 2.05) is 38.1 Å². The second kappa shape index (κ2) is 8.86. The van der Waals surface area contributed by atoms with Gasteiger partial charge in [0.25, 0.3) is 11.8 Å². The number of imide groups is 2. The van der Waals surface area contributed by atoms with Gasteiger partial charge in [0.1, 0.15) is 11.3 Å². The minimum absolute atomic E-state index is 0.116. The van der Waals surface area contributed by atoms with E-state index in [2.05, 4.69) is 10.2 Å². The van der Waals surface area contributed by atoms with E-state index >= 15 is 0 Å². The minimum atomic E-state index is -0.752. The highest BCUT2D eigenvalue weighted by atomic mass is 16.5. The molecule has 1 N–H and O–H groups in total. The molecule has 2 saturated heterocycles. The zero-order chi connectivity index (χ0) is 22.8. The van der Waals surface area contributed by atoms with Gasteiger partial charge in [0.05, 0.1) is 12.8 Å². The molecule has 4 amide bonds. The lowest BCUT2D eigenvalue weighted by Crippen LogP contribution is -2.54. The molecule has 0 aromatic heterocycles. The maximum absolute atomic E-state index is 13.3. The van der Waals surface area contributed by atoms with Crippen LogP contribution in [0.3, 0.4) is 0 Å². The highest BCUT2D eigenvalue weighted by Gasteiger charge is 2.37. The first-order valence-corrected chi connectivity index (χ1v) is 10.8. The third-order valence-corrected chi connectivity index (χ3v) is 6.16. The summed E-state index contributed by atoms with van der Waals surface area (Å²) in [7, 11) is 1.56. The maximum atomic E-state index is 13.3. The Labute approximate surface area is 187 Å². The molecule has 2 heterocycles. The number of hydrogen-bond donors (Lipinski definition) is 1. The molecule has 2 aromatic carbocycles. The Morgan fingerprint density at radius 2 is 1.75 bits per heavy atom. The number of nitrogens with zero attached hydrogens (tertiary/aromatic N) is 2. The molecule has 2 fully saturated rings. The molecule has 4 rings (SSSR count). The lowest BCUT2D eigenvalue weighted by atomic mass is 10.0. The quantitative estimate of drug-likeness (QED) is 0.583. The van der Waals surface area contributed by atoms with Crippen molar-refractivity contribution in [2.24, 2.45) is 0 Å². The number of aryl methyl sites for hydroxylation is 1. The fourth-order valence-electron chi connectivity index (χ4n) is 4.18. The topological polar surface area (TPSA) is 79.0 Å². The zero-order valence-electron chi connectivity index (χ0n) is 18.6. The maximum Gasteiger partial charge on any atom is 0.335 e. The number of amides is 4. The van der Waals surface area contributed by atoms with Crippen LogP contribution in [-0.2, 0) is 9.59 Å². The summed E-state index contributed by atoms with van der Waals surface area (Å²) in [4.78, 5) is 41.7. The molecule has 0 spiro atoms. The highest BCUT2D eigenvalue weighted by Crippen LogP contribution is 2.31. The number of methoxy groups -OCH3 is 1. The average Bonchev–Trinajstić information content (AvgIpc) is 2.80. The van der Waals surface area contributed by atoms with Gasteiger partial charge in [-0.05, 0) is 68.5 Å². The second-order valence-corrected chi connectivity index (χ2v) is 8.15. The average molecular weight is 434 g/mol. The molecule has 0 aliphatic carbocycles. The normalized spacial score (nSPS) is 18.2. The fourth-order valence-corrected chi connectivity index (χ4v) is 4.18. The summed E-state index contributed by atoms with van der Waals surface area (Å²) in [6.07, 6.45) is 5.04. The van der Waals surface area contributed by atoms with Crippen LogP contribution in [-0.4, -0.2) is 38.0 Å². The van der Waals surface area contributed by atoms with E-state index in [1.165, 1.54) is 12.5 Å². The molecule has 0 unspecified atom stereocenters. The molecule has 0 radical (unpaired) electrons. The van der Waals surface area contributed by atoms with Gasteiger partial charge in [0.2, 0.25) is 0 Å². The van der Waals surface area contributed by atoms with Crippen molar-refractivity contribution >= 4 is 35.3 Å². The Bertz CT molecular complexity index is 1120. The molecule has 0 atom stereocenters. The Morgan fingerprint density at radius 1 is 1.00 bits per heavy atom. The highest BCUT2D eigenvalue weighted by molar-refractivity contribution is 6.39. The van der Waals surface area contributed by atoms with Crippen LogP contribution in [0.2, 0.25) is 0 Å². The van der Waals surface area contributed by atoms with Gasteiger partial charge in [-0.15, -0.1) is 0 Å². The summed E-state index contributed by atoms with van der Waals surface area (Å²) < 4.78 is 5.56. The predicted octanol–water partition coefficient (Wildman–Crippen LogP) is 3.97. The fraction of sp³-hybridized carbons (Fsp3) is 0.320. The number of piperidine rings is 1. The molecule has 2 aliphatic rings.